The first-order valence-corrected chi connectivity index (χ1v) is 6.92. The molecule has 1 atom stereocenters. The van der Waals surface area contributed by atoms with E-state index in [1.807, 2.05) is 0 Å². The van der Waals surface area contributed by atoms with Crippen LogP contribution in [0.25, 0.3) is 0 Å². The minimum atomic E-state index is -0.950. The molecule has 0 radical (unpaired) electrons. The SMILES string of the molecule is CN(C)[C@@H]1CCN(CCOc2ccccc2C(=O)O)C1. The molecule has 20 heavy (non-hydrogen) atoms. The number of likely N-dealkylation sites (tertiary alicyclic amines) is 1. The fourth-order valence-corrected chi connectivity index (χ4v) is 2.49. The van der Waals surface area contributed by atoms with Crippen molar-refractivity contribution < 1.29 is 14.6 Å². The Balaban J connectivity index is 1.81. The topological polar surface area (TPSA) is 53.0 Å². The highest BCUT2D eigenvalue weighted by atomic mass is 16.5. The zero-order chi connectivity index (χ0) is 14.5. The highest BCUT2D eigenvalue weighted by molar-refractivity contribution is 5.90. The Hall–Kier alpha value is -1.59. The first kappa shape index (κ1) is 14.8. The van der Waals surface area contributed by atoms with Gasteiger partial charge in [0.15, 0.2) is 0 Å². The number of nitrogens with zero attached hydrogens (tertiary/aromatic N) is 2. The van der Waals surface area contributed by atoms with Crippen molar-refractivity contribution >= 4 is 5.97 Å². The van der Waals surface area contributed by atoms with Crippen LogP contribution in [-0.4, -0.2) is 67.3 Å². The number of ether oxygens (including phenoxy) is 1. The summed E-state index contributed by atoms with van der Waals surface area (Å²) in [6.45, 7) is 3.48. The number of carboxylic acids is 1. The van der Waals surface area contributed by atoms with E-state index in [4.69, 9.17) is 9.84 Å². The van der Waals surface area contributed by atoms with E-state index in [1.165, 1.54) is 6.42 Å². The van der Waals surface area contributed by atoms with Crippen LogP contribution in [0.1, 0.15) is 16.8 Å². The van der Waals surface area contributed by atoms with Crippen LogP contribution >= 0.6 is 0 Å². The number of hydrogen-bond donors (Lipinski definition) is 1. The molecule has 5 heteroatoms. The van der Waals surface area contributed by atoms with Crippen molar-refractivity contribution in [3.63, 3.8) is 0 Å². The van der Waals surface area contributed by atoms with E-state index in [0.29, 0.717) is 18.4 Å². The van der Waals surface area contributed by atoms with Gasteiger partial charge in [0.1, 0.15) is 17.9 Å². The van der Waals surface area contributed by atoms with Gasteiger partial charge in [-0.2, -0.15) is 0 Å². The summed E-state index contributed by atoms with van der Waals surface area (Å²) in [6.07, 6.45) is 1.18. The molecule has 1 heterocycles. The monoisotopic (exact) mass is 278 g/mol. The van der Waals surface area contributed by atoms with Crippen LogP contribution in [0.3, 0.4) is 0 Å². The number of aromatic carboxylic acids is 1. The van der Waals surface area contributed by atoms with Crippen molar-refractivity contribution in [1.82, 2.24) is 9.80 Å². The Bertz CT molecular complexity index is 462. The lowest BCUT2D eigenvalue weighted by atomic mass is 10.2. The predicted molar refractivity (Wildman–Crippen MR) is 77.4 cm³/mol. The molecular weight excluding hydrogens is 256 g/mol. The molecule has 0 spiro atoms. The second-order valence-corrected chi connectivity index (χ2v) is 5.36. The highest BCUT2D eigenvalue weighted by Crippen LogP contribution is 2.18. The Kier molecular flexibility index (Phi) is 4.98. The van der Waals surface area contributed by atoms with Gasteiger partial charge in [0.05, 0.1) is 0 Å². The van der Waals surface area contributed by atoms with Crippen LogP contribution < -0.4 is 4.74 Å². The summed E-state index contributed by atoms with van der Waals surface area (Å²) < 4.78 is 5.62. The number of carboxylic acid groups (broad SMARTS) is 1. The van der Waals surface area contributed by atoms with E-state index >= 15 is 0 Å². The maximum absolute atomic E-state index is 11.1. The summed E-state index contributed by atoms with van der Waals surface area (Å²) in [6, 6.07) is 7.38. The number of carbonyl (C=O) groups is 1. The summed E-state index contributed by atoms with van der Waals surface area (Å²) in [5.74, 6) is -0.502. The van der Waals surface area contributed by atoms with Crippen molar-refractivity contribution in [2.24, 2.45) is 0 Å². The third kappa shape index (κ3) is 3.71. The summed E-state index contributed by atoms with van der Waals surface area (Å²) in [7, 11) is 4.21. The van der Waals surface area contributed by atoms with E-state index in [2.05, 4.69) is 23.9 Å². The van der Waals surface area contributed by atoms with Crippen LogP contribution in [0.4, 0.5) is 0 Å². The van der Waals surface area contributed by atoms with Crippen LogP contribution in [0, 0.1) is 0 Å². The van der Waals surface area contributed by atoms with Crippen molar-refractivity contribution in [2.45, 2.75) is 12.5 Å². The summed E-state index contributed by atoms with van der Waals surface area (Å²) >= 11 is 0. The van der Waals surface area contributed by atoms with E-state index in [0.717, 1.165) is 19.6 Å². The van der Waals surface area contributed by atoms with Gasteiger partial charge in [-0.1, -0.05) is 12.1 Å². The standard InChI is InChI=1S/C15H22N2O3/c1-16(2)12-7-8-17(11-12)9-10-20-14-6-4-3-5-13(14)15(18)19/h3-6,12H,7-11H2,1-2H3,(H,18,19)/t12-/m1/s1. The Morgan fingerprint density at radius 1 is 1.45 bits per heavy atom. The third-order valence-corrected chi connectivity index (χ3v) is 3.76. The van der Waals surface area contributed by atoms with E-state index in [1.54, 1.807) is 24.3 Å². The molecule has 0 unspecified atom stereocenters. The molecule has 1 aromatic rings. The quantitative estimate of drug-likeness (QED) is 0.852. The Morgan fingerprint density at radius 3 is 2.85 bits per heavy atom. The molecule has 0 amide bonds. The summed E-state index contributed by atoms with van der Waals surface area (Å²) in [4.78, 5) is 15.7. The maximum atomic E-state index is 11.1. The molecule has 0 aromatic heterocycles. The van der Waals surface area contributed by atoms with Crippen molar-refractivity contribution in [2.75, 3.05) is 40.3 Å². The van der Waals surface area contributed by atoms with Gasteiger partial charge in [-0.05, 0) is 39.2 Å². The molecular formula is C15H22N2O3. The van der Waals surface area contributed by atoms with Gasteiger partial charge in [-0.3, -0.25) is 4.90 Å². The molecule has 1 aliphatic heterocycles. The zero-order valence-corrected chi connectivity index (χ0v) is 12.1. The second kappa shape index (κ2) is 6.72. The molecule has 0 bridgehead atoms. The lowest BCUT2D eigenvalue weighted by Gasteiger charge is -2.20. The largest absolute Gasteiger partial charge is 0.491 e. The Morgan fingerprint density at radius 2 is 2.20 bits per heavy atom. The van der Waals surface area contributed by atoms with Gasteiger partial charge in [0.25, 0.3) is 0 Å². The van der Waals surface area contributed by atoms with Crippen LogP contribution in [0.5, 0.6) is 5.75 Å². The van der Waals surface area contributed by atoms with E-state index < -0.39 is 5.97 Å². The van der Waals surface area contributed by atoms with E-state index in [-0.39, 0.29) is 5.56 Å². The van der Waals surface area contributed by atoms with Gasteiger partial charge in [-0.25, -0.2) is 4.79 Å². The predicted octanol–water partition coefficient (Wildman–Crippen LogP) is 1.40. The zero-order valence-electron chi connectivity index (χ0n) is 12.1. The molecule has 0 saturated carbocycles. The summed E-state index contributed by atoms with van der Waals surface area (Å²) in [5.41, 5.74) is 0.222. The van der Waals surface area contributed by atoms with Gasteiger partial charge < -0.3 is 14.7 Å². The lowest BCUT2D eigenvalue weighted by Crippen LogP contribution is -2.33. The van der Waals surface area contributed by atoms with Crippen molar-refractivity contribution in [3.05, 3.63) is 29.8 Å². The van der Waals surface area contributed by atoms with Gasteiger partial charge in [0, 0.05) is 19.1 Å². The average molecular weight is 278 g/mol. The van der Waals surface area contributed by atoms with Crippen LogP contribution in [0.15, 0.2) is 24.3 Å². The summed E-state index contributed by atoms with van der Waals surface area (Å²) in [5, 5.41) is 9.08. The van der Waals surface area contributed by atoms with Crippen LogP contribution in [-0.2, 0) is 0 Å². The molecule has 1 aromatic carbocycles. The molecule has 5 nitrogen and oxygen atoms in total. The molecule has 1 N–H and O–H groups in total. The normalized spacial score (nSPS) is 19.4. The fraction of sp³-hybridized carbons (Fsp3) is 0.533. The first-order chi connectivity index (χ1) is 9.58. The molecule has 1 saturated heterocycles. The second-order valence-electron chi connectivity index (χ2n) is 5.36. The van der Waals surface area contributed by atoms with Gasteiger partial charge in [0.2, 0.25) is 0 Å². The molecule has 1 aliphatic rings. The molecule has 0 aliphatic carbocycles. The number of benzene rings is 1. The first-order valence-electron chi connectivity index (χ1n) is 6.92. The van der Waals surface area contributed by atoms with E-state index in [9.17, 15) is 4.79 Å². The Labute approximate surface area is 119 Å². The fourth-order valence-electron chi connectivity index (χ4n) is 2.49. The maximum Gasteiger partial charge on any atom is 0.339 e. The molecule has 1 fully saturated rings. The molecule has 110 valence electrons. The van der Waals surface area contributed by atoms with Crippen molar-refractivity contribution in [3.8, 4) is 5.75 Å². The number of hydrogen-bond acceptors (Lipinski definition) is 4. The van der Waals surface area contributed by atoms with Crippen LogP contribution in [0.2, 0.25) is 0 Å². The number of para-hydroxylation sites is 1. The van der Waals surface area contributed by atoms with Crippen molar-refractivity contribution in [1.29, 1.82) is 0 Å². The smallest absolute Gasteiger partial charge is 0.339 e. The number of rotatable bonds is 6. The number of likely N-dealkylation sites (N-methyl/N-ethyl adjacent to an activating group) is 1. The van der Waals surface area contributed by atoms with Gasteiger partial charge in [-0.15, -0.1) is 0 Å². The highest BCUT2D eigenvalue weighted by Gasteiger charge is 2.23. The lowest BCUT2D eigenvalue weighted by molar-refractivity contribution is 0.0691. The average Bonchev–Trinajstić information content (AvgIpc) is 2.88. The minimum absolute atomic E-state index is 0.222. The molecule has 2 rings (SSSR count). The minimum Gasteiger partial charge on any atom is -0.491 e. The third-order valence-electron chi connectivity index (χ3n) is 3.76. The van der Waals surface area contributed by atoms with Gasteiger partial charge >= 0.3 is 5.97 Å².